The highest BCUT2D eigenvalue weighted by Crippen LogP contribution is 2.32. The van der Waals surface area contributed by atoms with Gasteiger partial charge in [0.05, 0.1) is 11.1 Å². The number of nitrogens with one attached hydrogen (secondary N) is 1. The number of anilines is 1. The van der Waals surface area contributed by atoms with Crippen LogP contribution in [0.4, 0.5) is 32.0 Å². The second-order valence-corrected chi connectivity index (χ2v) is 6.50. The molecule has 0 aromatic heterocycles. The summed E-state index contributed by atoms with van der Waals surface area (Å²) in [5, 5.41) is 2.94. The summed E-state index contributed by atoms with van der Waals surface area (Å²) >= 11 is 0. The summed E-state index contributed by atoms with van der Waals surface area (Å²) < 4.78 is 76.9. The number of ketones is 1. The van der Waals surface area contributed by atoms with Gasteiger partial charge >= 0.3 is 12.4 Å². The lowest BCUT2D eigenvalue weighted by Crippen LogP contribution is -2.22. The minimum atomic E-state index is -4.54. The molecule has 1 atom stereocenters. The van der Waals surface area contributed by atoms with E-state index < -0.39 is 35.3 Å². The van der Waals surface area contributed by atoms with Gasteiger partial charge in [-0.3, -0.25) is 4.79 Å². The fraction of sp³-hybridized carbons (Fsp3) is 0.136. The molecule has 0 fully saturated rings. The van der Waals surface area contributed by atoms with E-state index in [0.717, 1.165) is 36.4 Å². The summed E-state index contributed by atoms with van der Waals surface area (Å²) in [5.41, 5.74) is -0.997. The van der Waals surface area contributed by atoms with E-state index in [2.05, 4.69) is 5.32 Å². The fourth-order valence-corrected chi connectivity index (χ4v) is 2.86. The predicted octanol–water partition coefficient (Wildman–Crippen LogP) is 6.76. The Hall–Kier alpha value is -3.29. The maximum absolute atomic E-state index is 13.0. The number of carbonyl (C=O) groups excluding carboxylic acids is 1. The van der Waals surface area contributed by atoms with Crippen molar-refractivity contribution in [1.82, 2.24) is 0 Å². The van der Waals surface area contributed by atoms with E-state index in [1.807, 2.05) is 0 Å². The highest BCUT2D eigenvalue weighted by molar-refractivity contribution is 6.02. The zero-order valence-corrected chi connectivity index (χ0v) is 15.3. The highest BCUT2D eigenvalue weighted by Gasteiger charge is 2.32. The normalized spacial score (nSPS) is 13.0. The molecule has 1 N–H and O–H groups in total. The van der Waals surface area contributed by atoms with Crippen molar-refractivity contribution in [3.8, 4) is 0 Å². The molecule has 0 radical (unpaired) electrons. The second-order valence-electron chi connectivity index (χ2n) is 6.50. The standard InChI is InChI=1S/C22H15F6NO/c23-21(24,25)16-10-6-14(7-11-16)19(29-18-4-2-1-3-5-18)20(30)15-8-12-17(13-9-15)22(26,27)28/h1-13,19,29H/t19-/m0/s1. The fourth-order valence-electron chi connectivity index (χ4n) is 2.86. The molecular formula is C22H15F6NO. The SMILES string of the molecule is O=C(c1ccc(C(F)(F)F)cc1)[C@@H](Nc1ccccc1)c1ccc(C(F)(F)F)cc1. The largest absolute Gasteiger partial charge is 0.416 e. The van der Waals surface area contributed by atoms with Crippen LogP contribution in [0.2, 0.25) is 0 Å². The quantitative estimate of drug-likeness (QED) is 0.363. The molecule has 3 aromatic carbocycles. The lowest BCUT2D eigenvalue weighted by Gasteiger charge is -2.20. The van der Waals surface area contributed by atoms with E-state index in [1.54, 1.807) is 30.3 Å². The van der Waals surface area contributed by atoms with E-state index in [-0.39, 0.29) is 11.1 Å². The van der Waals surface area contributed by atoms with Crippen LogP contribution in [0.5, 0.6) is 0 Å². The van der Waals surface area contributed by atoms with Crippen LogP contribution in [-0.2, 0) is 12.4 Å². The third-order valence-electron chi connectivity index (χ3n) is 4.42. The molecule has 3 aromatic rings. The van der Waals surface area contributed by atoms with Gasteiger partial charge in [0, 0.05) is 11.3 Å². The average Bonchev–Trinajstić information content (AvgIpc) is 2.71. The van der Waals surface area contributed by atoms with Gasteiger partial charge in [0.2, 0.25) is 0 Å². The number of benzene rings is 3. The molecule has 0 aliphatic rings. The lowest BCUT2D eigenvalue weighted by molar-refractivity contribution is -0.138. The van der Waals surface area contributed by atoms with Crippen LogP contribution in [0.3, 0.4) is 0 Å². The number of alkyl halides is 6. The Labute approximate surface area is 168 Å². The number of rotatable bonds is 5. The Kier molecular flexibility index (Phi) is 5.87. The first-order valence-corrected chi connectivity index (χ1v) is 8.76. The van der Waals surface area contributed by atoms with Crippen LogP contribution in [-0.4, -0.2) is 5.78 Å². The number of Topliss-reactive ketones (excluding diaryl/α,β-unsaturated/α-hetero) is 1. The second kappa shape index (κ2) is 8.22. The molecule has 3 rings (SSSR count). The number of carbonyl (C=O) groups is 1. The molecule has 0 amide bonds. The first-order valence-electron chi connectivity index (χ1n) is 8.76. The summed E-state index contributed by atoms with van der Waals surface area (Å²) in [7, 11) is 0. The number of hydrogen-bond donors (Lipinski definition) is 1. The molecule has 0 saturated heterocycles. The smallest absolute Gasteiger partial charge is 0.371 e. The zero-order chi connectivity index (χ0) is 21.9. The first kappa shape index (κ1) is 21.4. The molecule has 0 aliphatic heterocycles. The Bertz CT molecular complexity index is 993. The molecule has 0 unspecified atom stereocenters. The van der Waals surface area contributed by atoms with Crippen molar-refractivity contribution in [1.29, 1.82) is 0 Å². The van der Waals surface area contributed by atoms with Gasteiger partial charge in [0.1, 0.15) is 6.04 Å². The first-order chi connectivity index (χ1) is 14.1. The number of hydrogen-bond acceptors (Lipinski definition) is 2. The lowest BCUT2D eigenvalue weighted by atomic mass is 9.95. The van der Waals surface area contributed by atoms with Gasteiger partial charge in [0.25, 0.3) is 0 Å². The van der Waals surface area contributed by atoms with Gasteiger partial charge in [-0.2, -0.15) is 26.3 Å². The van der Waals surface area contributed by atoms with Gasteiger partial charge in [-0.1, -0.05) is 42.5 Å². The van der Waals surface area contributed by atoms with Crippen molar-refractivity contribution in [3.63, 3.8) is 0 Å². The minimum absolute atomic E-state index is 0.00340. The summed E-state index contributed by atoms with van der Waals surface area (Å²) in [6.07, 6.45) is -9.07. The van der Waals surface area contributed by atoms with Crippen LogP contribution >= 0.6 is 0 Å². The van der Waals surface area contributed by atoms with Crippen molar-refractivity contribution >= 4 is 11.5 Å². The molecule has 0 aliphatic carbocycles. The van der Waals surface area contributed by atoms with Gasteiger partial charge in [0.15, 0.2) is 5.78 Å². The molecule has 30 heavy (non-hydrogen) atoms. The van der Waals surface area contributed by atoms with E-state index in [0.29, 0.717) is 5.69 Å². The molecule has 156 valence electrons. The van der Waals surface area contributed by atoms with Crippen LogP contribution in [0.1, 0.15) is 33.1 Å². The van der Waals surface area contributed by atoms with Crippen molar-refractivity contribution in [2.75, 3.05) is 5.32 Å². The predicted molar refractivity (Wildman–Crippen MR) is 100 cm³/mol. The van der Waals surface area contributed by atoms with E-state index >= 15 is 0 Å². The molecule has 2 nitrogen and oxygen atoms in total. The maximum Gasteiger partial charge on any atom is 0.416 e. The Morgan fingerprint density at radius 1 is 0.667 bits per heavy atom. The van der Waals surface area contributed by atoms with Crippen LogP contribution < -0.4 is 5.32 Å². The highest BCUT2D eigenvalue weighted by atomic mass is 19.4. The molecular weight excluding hydrogens is 408 g/mol. The van der Waals surface area contributed by atoms with Crippen molar-refractivity contribution in [2.24, 2.45) is 0 Å². The topological polar surface area (TPSA) is 29.1 Å². The van der Waals surface area contributed by atoms with Gasteiger partial charge in [-0.05, 0) is 42.0 Å². The van der Waals surface area contributed by atoms with E-state index in [1.165, 1.54) is 12.1 Å². The van der Waals surface area contributed by atoms with E-state index in [4.69, 9.17) is 0 Å². The molecule has 0 spiro atoms. The van der Waals surface area contributed by atoms with Crippen LogP contribution in [0.25, 0.3) is 0 Å². The number of para-hydroxylation sites is 1. The maximum atomic E-state index is 13.0. The average molecular weight is 423 g/mol. The minimum Gasteiger partial charge on any atom is -0.371 e. The summed E-state index contributed by atoms with van der Waals surface area (Å²) in [6.45, 7) is 0. The van der Waals surface area contributed by atoms with Crippen LogP contribution in [0, 0.1) is 0 Å². The Balaban J connectivity index is 1.95. The third-order valence-corrected chi connectivity index (χ3v) is 4.42. The Morgan fingerprint density at radius 2 is 1.13 bits per heavy atom. The van der Waals surface area contributed by atoms with Crippen molar-refractivity contribution < 1.29 is 31.1 Å². The molecule has 8 heteroatoms. The summed E-state index contributed by atoms with van der Waals surface area (Å²) in [5.74, 6) is -0.577. The van der Waals surface area contributed by atoms with Gasteiger partial charge < -0.3 is 5.32 Å². The van der Waals surface area contributed by atoms with E-state index in [9.17, 15) is 31.1 Å². The third kappa shape index (κ3) is 5.00. The molecule has 0 bridgehead atoms. The summed E-state index contributed by atoms with van der Waals surface area (Å²) in [6, 6.07) is 15.1. The Morgan fingerprint density at radius 3 is 1.60 bits per heavy atom. The van der Waals surface area contributed by atoms with Crippen molar-refractivity contribution in [2.45, 2.75) is 18.4 Å². The molecule has 0 heterocycles. The van der Waals surface area contributed by atoms with Crippen LogP contribution in [0.15, 0.2) is 78.9 Å². The zero-order valence-electron chi connectivity index (χ0n) is 15.3. The summed E-state index contributed by atoms with van der Waals surface area (Å²) in [4.78, 5) is 13.0. The van der Waals surface area contributed by atoms with Gasteiger partial charge in [-0.25, -0.2) is 0 Å². The number of halogens is 6. The van der Waals surface area contributed by atoms with Crippen molar-refractivity contribution in [3.05, 3.63) is 101 Å². The monoisotopic (exact) mass is 423 g/mol. The van der Waals surface area contributed by atoms with Gasteiger partial charge in [-0.15, -0.1) is 0 Å². The molecule has 0 saturated carbocycles.